The smallest absolute Gasteiger partial charge is 0.230 e. The van der Waals surface area contributed by atoms with Crippen LogP contribution in [0.4, 0.5) is 0 Å². The summed E-state index contributed by atoms with van der Waals surface area (Å²) in [4.78, 5) is 0. The second-order valence-electron chi connectivity index (χ2n) is 8.68. The minimum atomic E-state index is -0.289. The second kappa shape index (κ2) is 7.16. The number of halogens is 1. The van der Waals surface area contributed by atoms with Crippen LogP contribution in [-0.4, -0.2) is 23.6 Å². The molecule has 1 heterocycles. The first-order valence-electron chi connectivity index (χ1n) is 9.79. The third-order valence-corrected chi connectivity index (χ3v) is 6.73. The topological polar surface area (TPSA) is 47.9 Å². The van der Waals surface area contributed by atoms with Gasteiger partial charge in [0, 0.05) is 17.0 Å². The molecule has 2 aromatic carbocycles. The SMILES string of the molecule is CC1(C)[C@H](O)CC[C@@]2(C)Oc3cc(OCOc4ccc(Cl)cc4)ccc3C[C@H]12. The number of aliphatic hydroxyl groups excluding tert-OH is 1. The van der Waals surface area contributed by atoms with Crippen LogP contribution in [0.25, 0.3) is 0 Å². The normalized spacial score (nSPS) is 27.9. The van der Waals surface area contributed by atoms with Crippen molar-refractivity contribution in [3.05, 3.63) is 53.1 Å². The minimum absolute atomic E-state index is 0.111. The Morgan fingerprint density at radius 1 is 1.07 bits per heavy atom. The first kappa shape index (κ1) is 19.4. The molecule has 5 heteroatoms. The summed E-state index contributed by atoms with van der Waals surface area (Å²) in [5, 5.41) is 11.2. The molecular formula is C23H27ClO4. The van der Waals surface area contributed by atoms with Gasteiger partial charge >= 0.3 is 0 Å². The van der Waals surface area contributed by atoms with E-state index in [1.807, 2.05) is 24.3 Å². The zero-order valence-electron chi connectivity index (χ0n) is 16.6. The molecule has 150 valence electrons. The van der Waals surface area contributed by atoms with Crippen molar-refractivity contribution < 1.29 is 19.3 Å². The second-order valence-corrected chi connectivity index (χ2v) is 9.11. The first-order chi connectivity index (χ1) is 13.3. The number of ether oxygens (including phenoxy) is 3. The fraction of sp³-hybridized carbons (Fsp3) is 0.478. The molecule has 3 atom stereocenters. The van der Waals surface area contributed by atoms with E-state index in [2.05, 4.69) is 26.8 Å². The van der Waals surface area contributed by atoms with Gasteiger partial charge in [-0.15, -0.1) is 0 Å². The van der Waals surface area contributed by atoms with Crippen LogP contribution >= 0.6 is 11.6 Å². The Labute approximate surface area is 171 Å². The maximum absolute atomic E-state index is 10.5. The molecule has 1 fully saturated rings. The summed E-state index contributed by atoms with van der Waals surface area (Å²) in [6.07, 6.45) is 2.23. The van der Waals surface area contributed by atoms with Gasteiger partial charge < -0.3 is 19.3 Å². The van der Waals surface area contributed by atoms with Gasteiger partial charge in [-0.05, 0) is 67.5 Å². The molecule has 2 aliphatic rings. The summed E-state index contributed by atoms with van der Waals surface area (Å²) in [7, 11) is 0. The van der Waals surface area contributed by atoms with Crippen molar-refractivity contribution in [3.63, 3.8) is 0 Å². The lowest BCUT2D eigenvalue weighted by Gasteiger charge is -2.55. The van der Waals surface area contributed by atoms with Crippen LogP contribution in [0, 0.1) is 11.3 Å². The highest BCUT2D eigenvalue weighted by molar-refractivity contribution is 6.30. The molecule has 0 unspecified atom stereocenters. The van der Waals surface area contributed by atoms with Crippen LogP contribution < -0.4 is 14.2 Å². The van der Waals surface area contributed by atoms with Crippen molar-refractivity contribution in [2.24, 2.45) is 11.3 Å². The Morgan fingerprint density at radius 2 is 1.75 bits per heavy atom. The fourth-order valence-electron chi connectivity index (χ4n) is 4.65. The van der Waals surface area contributed by atoms with Crippen LogP contribution in [0.3, 0.4) is 0 Å². The highest BCUT2D eigenvalue weighted by Gasteiger charge is 2.54. The summed E-state index contributed by atoms with van der Waals surface area (Å²) < 4.78 is 17.8. The minimum Gasteiger partial charge on any atom is -0.487 e. The van der Waals surface area contributed by atoms with E-state index in [4.69, 9.17) is 25.8 Å². The van der Waals surface area contributed by atoms with Gasteiger partial charge in [-0.1, -0.05) is 31.5 Å². The molecular weight excluding hydrogens is 376 g/mol. The van der Waals surface area contributed by atoms with E-state index in [9.17, 15) is 5.11 Å². The van der Waals surface area contributed by atoms with Gasteiger partial charge in [0.15, 0.2) is 0 Å². The van der Waals surface area contributed by atoms with Crippen molar-refractivity contribution in [2.45, 2.75) is 51.7 Å². The zero-order chi connectivity index (χ0) is 19.9. The quantitative estimate of drug-likeness (QED) is 0.710. The van der Waals surface area contributed by atoms with E-state index >= 15 is 0 Å². The number of aliphatic hydroxyl groups is 1. The molecule has 28 heavy (non-hydrogen) atoms. The Morgan fingerprint density at radius 3 is 2.50 bits per heavy atom. The van der Waals surface area contributed by atoms with Crippen molar-refractivity contribution in [2.75, 3.05) is 6.79 Å². The molecule has 0 radical (unpaired) electrons. The molecule has 0 spiro atoms. The molecule has 1 aliphatic carbocycles. The Kier molecular flexibility index (Phi) is 4.96. The average Bonchev–Trinajstić information content (AvgIpc) is 2.66. The molecule has 4 rings (SSSR count). The lowest BCUT2D eigenvalue weighted by molar-refractivity contribution is -0.137. The molecule has 0 aromatic heterocycles. The lowest BCUT2D eigenvalue weighted by Crippen LogP contribution is -2.58. The number of hydrogen-bond donors (Lipinski definition) is 1. The molecule has 0 saturated heterocycles. The van der Waals surface area contributed by atoms with Crippen LogP contribution in [0.1, 0.15) is 39.2 Å². The van der Waals surface area contributed by atoms with E-state index < -0.39 is 0 Å². The van der Waals surface area contributed by atoms with Gasteiger partial charge in [0.05, 0.1) is 6.10 Å². The molecule has 4 nitrogen and oxygen atoms in total. The standard InChI is InChI=1S/C23H27ClO4/c1-22(2)20-12-15-4-7-18(27-14-26-17-8-5-16(24)6-9-17)13-19(15)28-23(20,3)11-10-21(22)25/h4-9,13,20-21,25H,10-12,14H2,1-3H3/t20-,21-,23-/m1/s1. The summed E-state index contributed by atoms with van der Waals surface area (Å²) in [6, 6.07) is 13.1. The van der Waals surface area contributed by atoms with Gasteiger partial charge in [-0.2, -0.15) is 0 Å². The van der Waals surface area contributed by atoms with Crippen molar-refractivity contribution in [3.8, 4) is 17.2 Å². The zero-order valence-corrected chi connectivity index (χ0v) is 17.3. The monoisotopic (exact) mass is 402 g/mol. The Bertz CT molecular complexity index is 848. The van der Waals surface area contributed by atoms with E-state index in [-0.39, 0.29) is 29.8 Å². The van der Waals surface area contributed by atoms with E-state index in [1.54, 1.807) is 12.1 Å². The number of hydrogen-bond acceptors (Lipinski definition) is 4. The lowest BCUT2D eigenvalue weighted by atomic mass is 9.58. The Balaban J connectivity index is 1.46. The third kappa shape index (κ3) is 3.56. The number of fused-ring (bicyclic) bond motifs is 2. The van der Waals surface area contributed by atoms with E-state index in [0.29, 0.717) is 16.5 Å². The molecule has 1 N–H and O–H groups in total. The summed E-state index contributed by atoms with van der Waals surface area (Å²) in [6.45, 7) is 6.59. The maximum Gasteiger partial charge on any atom is 0.230 e. The molecule has 1 saturated carbocycles. The molecule has 1 aliphatic heterocycles. The van der Waals surface area contributed by atoms with Gasteiger partial charge in [-0.3, -0.25) is 0 Å². The summed E-state index contributed by atoms with van der Waals surface area (Å²) >= 11 is 5.88. The van der Waals surface area contributed by atoms with Gasteiger partial charge in [0.25, 0.3) is 0 Å². The van der Waals surface area contributed by atoms with Crippen molar-refractivity contribution >= 4 is 11.6 Å². The molecule has 2 aromatic rings. The molecule has 0 amide bonds. The highest BCUT2D eigenvalue weighted by Crippen LogP contribution is 2.53. The van der Waals surface area contributed by atoms with Gasteiger partial charge in [0.1, 0.15) is 22.8 Å². The number of rotatable bonds is 4. The Hall–Kier alpha value is -1.91. The van der Waals surface area contributed by atoms with Gasteiger partial charge in [0.2, 0.25) is 6.79 Å². The fourth-order valence-corrected chi connectivity index (χ4v) is 4.77. The third-order valence-electron chi connectivity index (χ3n) is 6.48. The van der Waals surface area contributed by atoms with Gasteiger partial charge in [-0.25, -0.2) is 0 Å². The largest absolute Gasteiger partial charge is 0.487 e. The first-order valence-corrected chi connectivity index (χ1v) is 10.2. The van der Waals surface area contributed by atoms with Crippen molar-refractivity contribution in [1.29, 1.82) is 0 Å². The predicted octanol–water partition coefficient (Wildman–Crippen LogP) is 5.25. The van der Waals surface area contributed by atoms with Crippen LogP contribution in [0.15, 0.2) is 42.5 Å². The summed E-state index contributed by atoms with van der Waals surface area (Å²) in [5.74, 6) is 2.56. The molecule has 0 bridgehead atoms. The van der Waals surface area contributed by atoms with Crippen LogP contribution in [0.5, 0.6) is 17.2 Å². The van der Waals surface area contributed by atoms with Crippen LogP contribution in [-0.2, 0) is 6.42 Å². The average molecular weight is 403 g/mol. The predicted molar refractivity (Wildman–Crippen MR) is 109 cm³/mol. The van der Waals surface area contributed by atoms with E-state index in [1.165, 1.54) is 0 Å². The maximum atomic E-state index is 10.5. The van der Waals surface area contributed by atoms with Crippen molar-refractivity contribution in [1.82, 2.24) is 0 Å². The highest BCUT2D eigenvalue weighted by atomic mass is 35.5. The summed E-state index contributed by atoms with van der Waals surface area (Å²) in [5.41, 5.74) is 0.719. The van der Waals surface area contributed by atoms with Crippen LogP contribution in [0.2, 0.25) is 5.02 Å². The number of benzene rings is 2. The van der Waals surface area contributed by atoms with E-state index in [0.717, 1.165) is 30.6 Å².